The molecule has 0 spiro atoms. The molecule has 2 aromatic rings. The highest BCUT2D eigenvalue weighted by Crippen LogP contribution is 2.31. The van der Waals surface area contributed by atoms with Gasteiger partial charge in [-0.25, -0.2) is 0 Å². The maximum Gasteiger partial charge on any atom is 0.223 e. The van der Waals surface area contributed by atoms with E-state index in [9.17, 15) is 4.79 Å². The number of likely N-dealkylation sites (tertiary alicyclic amines) is 1. The van der Waals surface area contributed by atoms with Crippen molar-refractivity contribution in [3.63, 3.8) is 0 Å². The first-order chi connectivity index (χ1) is 16.5. The molecule has 178 valence electrons. The van der Waals surface area contributed by atoms with Crippen LogP contribution in [0.5, 0.6) is 0 Å². The lowest BCUT2D eigenvalue weighted by molar-refractivity contribution is -0.132. The number of aryl methyl sites for hydroxylation is 1. The van der Waals surface area contributed by atoms with Crippen LogP contribution in [-0.2, 0) is 11.3 Å². The van der Waals surface area contributed by atoms with Gasteiger partial charge in [-0.15, -0.1) is 0 Å². The third-order valence-corrected chi connectivity index (χ3v) is 7.70. The molecule has 3 aliphatic rings. The van der Waals surface area contributed by atoms with Crippen molar-refractivity contribution in [2.45, 2.75) is 39.7 Å². The van der Waals surface area contributed by atoms with Gasteiger partial charge in [-0.05, 0) is 66.5 Å². The van der Waals surface area contributed by atoms with Crippen LogP contribution in [0.1, 0.15) is 43.0 Å². The number of hydrogen-bond donors (Lipinski definition) is 0. The van der Waals surface area contributed by atoms with Crippen LogP contribution in [0, 0.1) is 18.8 Å². The molecule has 2 unspecified atom stereocenters. The van der Waals surface area contributed by atoms with E-state index in [0.717, 1.165) is 67.6 Å². The van der Waals surface area contributed by atoms with Crippen molar-refractivity contribution in [2.75, 3.05) is 32.7 Å². The molecule has 1 aromatic carbocycles. The molecule has 3 aliphatic heterocycles. The Kier molecular flexibility index (Phi) is 6.84. The predicted molar refractivity (Wildman–Crippen MR) is 137 cm³/mol. The number of carbonyl (C=O) groups is 1. The number of aliphatic imine (C=N–C) groups is 1. The number of piperidine rings is 1. The van der Waals surface area contributed by atoms with Crippen molar-refractivity contribution in [1.82, 2.24) is 14.8 Å². The smallest absolute Gasteiger partial charge is 0.223 e. The Bertz CT molecular complexity index is 1140. The molecule has 0 bridgehead atoms. The van der Waals surface area contributed by atoms with E-state index in [1.165, 1.54) is 16.7 Å². The minimum absolute atomic E-state index is 0.278. The van der Waals surface area contributed by atoms with Gasteiger partial charge in [0.05, 0.1) is 12.3 Å². The van der Waals surface area contributed by atoms with Gasteiger partial charge in [0, 0.05) is 61.6 Å². The third kappa shape index (κ3) is 5.11. The fraction of sp³-hybridized carbons (Fsp3) is 0.464. The average Bonchev–Trinajstić information content (AvgIpc) is 3.23. The standard InChI is InChI=1S/C28H33ClN4O/c1-19-11-21(16-32(15-19)17-24-5-3-4-6-26(24)29)13-27(34)33-10-8-23-14-31-28(25(23)18-33)22-7-9-30-20(2)12-22/h3-7,9,12,19,21H,8,10-11,13-18H2,1-2H3. The molecule has 4 heterocycles. The minimum atomic E-state index is 0.278. The molecule has 5 rings (SSSR count). The summed E-state index contributed by atoms with van der Waals surface area (Å²) in [4.78, 5) is 27.1. The second kappa shape index (κ2) is 10.0. The topological polar surface area (TPSA) is 48.8 Å². The van der Waals surface area contributed by atoms with E-state index >= 15 is 0 Å². The number of carbonyl (C=O) groups excluding carboxylic acids is 1. The van der Waals surface area contributed by atoms with Crippen LogP contribution >= 0.6 is 11.6 Å². The summed E-state index contributed by atoms with van der Waals surface area (Å²) in [6.45, 7) is 9.41. The highest BCUT2D eigenvalue weighted by Gasteiger charge is 2.32. The Morgan fingerprint density at radius 3 is 2.88 bits per heavy atom. The Balaban J connectivity index is 1.22. The number of aromatic nitrogens is 1. The van der Waals surface area contributed by atoms with Crippen LogP contribution in [0.2, 0.25) is 5.02 Å². The summed E-state index contributed by atoms with van der Waals surface area (Å²) in [6, 6.07) is 12.2. The van der Waals surface area contributed by atoms with Crippen LogP contribution < -0.4 is 0 Å². The van der Waals surface area contributed by atoms with Gasteiger partial charge in [0.15, 0.2) is 0 Å². The summed E-state index contributed by atoms with van der Waals surface area (Å²) in [5, 5.41) is 0.823. The van der Waals surface area contributed by atoms with Gasteiger partial charge < -0.3 is 4.90 Å². The fourth-order valence-corrected chi connectivity index (χ4v) is 5.98. The maximum absolute atomic E-state index is 13.4. The Hall–Kier alpha value is -2.50. The van der Waals surface area contributed by atoms with Crippen LogP contribution in [-0.4, -0.2) is 59.1 Å². The summed E-state index contributed by atoms with van der Waals surface area (Å²) in [5.41, 5.74) is 6.97. The normalized spacial score (nSPS) is 23.1. The molecule has 0 aliphatic carbocycles. The highest BCUT2D eigenvalue weighted by molar-refractivity contribution is 6.31. The second-order valence-corrected chi connectivity index (χ2v) is 10.6. The Labute approximate surface area is 207 Å². The van der Waals surface area contributed by atoms with E-state index in [1.54, 1.807) is 0 Å². The highest BCUT2D eigenvalue weighted by atomic mass is 35.5. The number of amides is 1. The molecule has 0 N–H and O–H groups in total. The van der Waals surface area contributed by atoms with Gasteiger partial charge in [0.25, 0.3) is 0 Å². The van der Waals surface area contributed by atoms with Gasteiger partial charge in [-0.3, -0.25) is 19.7 Å². The van der Waals surface area contributed by atoms with Gasteiger partial charge in [0.2, 0.25) is 5.91 Å². The number of halogens is 1. The van der Waals surface area contributed by atoms with Crippen LogP contribution in [0.15, 0.2) is 58.7 Å². The van der Waals surface area contributed by atoms with E-state index in [0.29, 0.717) is 24.8 Å². The van der Waals surface area contributed by atoms with Crippen molar-refractivity contribution < 1.29 is 4.79 Å². The Morgan fingerprint density at radius 1 is 1.21 bits per heavy atom. The van der Waals surface area contributed by atoms with E-state index in [-0.39, 0.29) is 5.91 Å². The molecule has 6 heteroatoms. The molecule has 1 fully saturated rings. The van der Waals surface area contributed by atoms with E-state index in [1.807, 2.05) is 37.4 Å². The number of hydrogen-bond acceptors (Lipinski definition) is 4. The van der Waals surface area contributed by atoms with Crippen molar-refractivity contribution in [2.24, 2.45) is 16.8 Å². The number of nitrogens with zero attached hydrogens (tertiary/aromatic N) is 4. The first-order valence-corrected chi connectivity index (χ1v) is 12.8. The van der Waals surface area contributed by atoms with Crippen molar-refractivity contribution in [1.29, 1.82) is 0 Å². The monoisotopic (exact) mass is 476 g/mol. The fourth-order valence-electron chi connectivity index (χ4n) is 5.78. The zero-order chi connectivity index (χ0) is 23.7. The Morgan fingerprint density at radius 2 is 2.06 bits per heavy atom. The minimum Gasteiger partial charge on any atom is -0.338 e. The number of benzene rings is 1. The predicted octanol–water partition coefficient (Wildman–Crippen LogP) is 4.92. The van der Waals surface area contributed by atoms with Gasteiger partial charge in [-0.2, -0.15) is 0 Å². The van der Waals surface area contributed by atoms with Gasteiger partial charge >= 0.3 is 0 Å². The van der Waals surface area contributed by atoms with Crippen molar-refractivity contribution in [3.8, 4) is 0 Å². The second-order valence-electron chi connectivity index (χ2n) is 10.2. The van der Waals surface area contributed by atoms with Crippen molar-refractivity contribution in [3.05, 3.63) is 75.6 Å². The summed E-state index contributed by atoms with van der Waals surface area (Å²) in [5.74, 6) is 1.24. The zero-order valence-corrected chi connectivity index (χ0v) is 20.9. The molecule has 1 saturated heterocycles. The summed E-state index contributed by atoms with van der Waals surface area (Å²) in [6.07, 6.45) is 4.50. The zero-order valence-electron chi connectivity index (χ0n) is 20.1. The molecule has 5 nitrogen and oxygen atoms in total. The quantitative estimate of drug-likeness (QED) is 0.615. The molecule has 1 amide bonds. The maximum atomic E-state index is 13.4. The van der Waals surface area contributed by atoms with Gasteiger partial charge in [0.1, 0.15) is 0 Å². The molecule has 0 saturated carbocycles. The molecular weight excluding hydrogens is 444 g/mol. The molecule has 1 aromatic heterocycles. The molecule has 34 heavy (non-hydrogen) atoms. The summed E-state index contributed by atoms with van der Waals surface area (Å²) >= 11 is 6.41. The lowest BCUT2D eigenvalue weighted by Crippen LogP contribution is -2.43. The SMILES string of the molecule is Cc1cc(C2=NCC3=C2CN(C(=O)CC2CC(C)CN(Cc4ccccc4Cl)C2)CC3)ccn1. The largest absolute Gasteiger partial charge is 0.338 e. The van der Waals surface area contributed by atoms with Crippen LogP contribution in [0.25, 0.3) is 0 Å². The van der Waals surface area contributed by atoms with E-state index in [4.69, 9.17) is 16.6 Å². The van der Waals surface area contributed by atoms with Crippen LogP contribution in [0.4, 0.5) is 0 Å². The first kappa shape index (κ1) is 23.3. The molecule has 2 atom stereocenters. The number of pyridine rings is 1. The summed E-state index contributed by atoms with van der Waals surface area (Å²) in [7, 11) is 0. The first-order valence-electron chi connectivity index (χ1n) is 12.4. The van der Waals surface area contributed by atoms with Crippen molar-refractivity contribution >= 4 is 23.2 Å². The van der Waals surface area contributed by atoms with E-state index < -0.39 is 0 Å². The third-order valence-electron chi connectivity index (χ3n) is 7.33. The summed E-state index contributed by atoms with van der Waals surface area (Å²) < 4.78 is 0. The lowest BCUT2D eigenvalue weighted by Gasteiger charge is -2.37. The lowest BCUT2D eigenvalue weighted by atomic mass is 9.87. The van der Waals surface area contributed by atoms with E-state index in [2.05, 4.69) is 33.8 Å². The number of rotatable bonds is 5. The van der Waals surface area contributed by atoms with Gasteiger partial charge in [-0.1, -0.05) is 36.7 Å². The molecular formula is C28H33ClN4O. The van der Waals surface area contributed by atoms with Crippen LogP contribution in [0.3, 0.4) is 0 Å². The molecule has 0 radical (unpaired) electrons. The average molecular weight is 477 g/mol.